The van der Waals surface area contributed by atoms with Crippen LogP contribution in [0.25, 0.3) is 0 Å². The second-order valence-electron chi connectivity index (χ2n) is 6.15. The molecule has 2 N–H and O–H groups in total. The molecular formula is C17H33NO2. The van der Waals surface area contributed by atoms with Crippen LogP contribution in [0.4, 0.5) is 0 Å². The lowest BCUT2D eigenvalue weighted by atomic mass is 10.0. The van der Waals surface area contributed by atoms with Gasteiger partial charge in [-0.05, 0) is 46.0 Å². The average Bonchev–Trinajstić information content (AvgIpc) is 2.35. The molecule has 0 radical (unpaired) electrons. The number of esters is 1. The first-order chi connectivity index (χ1) is 9.45. The minimum absolute atomic E-state index is 0.0832. The van der Waals surface area contributed by atoms with Crippen LogP contribution in [0.15, 0.2) is 12.2 Å². The first-order valence-electron chi connectivity index (χ1n) is 8.05. The summed E-state index contributed by atoms with van der Waals surface area (Å²) >= 11 is 0. The maximum Gasteiger partial charge on any atom is 0.305 e. The van der Waals surface area contributed by atoms with E-state index in [9.17, 15) is 4.79 Å². The number of unbranched alkanes of at least 4 members (excludes halogenated alkanes) is 5. The van der Waals surface area contributed by atoms with Gasteiger partial charge in [0.1, 0.15) is 0 Å². The minimum atomic E-state index is -0.257. The van der Waals surface area contributed by atoms with E-state index in [-0.39, 0.29) is 11.5 Å². The third-order valence-electron chi connectivity index (χ3n) is 3.16. The maximum atomic E-state index is 11.5. The van der Waals surface area contributed by atoms with Crippen LogP contribution >= 0.6 is 0 Å². The molecule has 0 aliphatic rings. The largest absolute Gasteiger partial charge is 0.466 e. The van der Waals surface area contributed by atoms with Gasteiger partial charge in [-0.2, -0.15) is 0 Å². The molecule has 0 fully saturated rings. The van der Waals surface area contributed by atoms with E-state index in [0.717, 1.165) is 19.3 Å². The van der Waals surface area contributed by atoms with Crippen molar-refractivity contribution in [1.82, 2.24) is 0 Å². The second kappa shape index (κ2) is 12.0. The van der Waals surface area contributed by atoms with Gasteiger partial charge in [0.05, 0.1) is 6.61 Å². The Bertz CT molecular complexity index is 267. The van der Waals surface area contributed by atoms with Gasteiger partial charge in [-0.25, -0.2) is 0 Å². The molecule has 0 saturated heterocycles. The zero-order valence-electron chi connectivity index (χ0n) is 13.6. The number of hydrogen-bond acceptors (Lipinski definition) is 3. The highest BCUT2D eigenvalue weighted by molar-refractivity contribution is 5.69. The Balaban J connectivity index is 3.29. The van der Waals surface area contributed by atoms with Gasteiger partial charge in [-0.1, -0.05) is 38.3 Å². The molecule has 0 saturated carbocycles. The van der Waals surface area contributed by atoms with Crippen LogP contribution in [-0.4, -0.2) is 18.1 Å². The molecule has 0 bridgehead atoms. The quantitative estimate of drug-likeness (QED) is 0.329. The van der Waals surface area contributed by atoms with Crippen molar-refractivity contribution >= 4 is 5.97 Å². The van der Waals surface area contributed by atoms with Crippen molar-refractivity contribution < 1.29 is 9.53 Å². The van der Waals surface area contributed by atoms with Gasteiger partial charge < -0.3 is 10.5 Å². The number of allylic oxidation sites excluding steroid dienone is 2. The highest BCUT2D eigenvalue weighted by atomic mass is 16.5. The summed E-state index contributed by atoms with van der Waals surface area (Å²) in [4.78, 5) is 11.5. The smallest absolute Gasteiger partial charge is 0.305 e. The number of rotatable bonds is 12. The summed E-state index contributed by atoms with van der Waals surface area (Å²) in [6.45, 7) is 6.48. The number of hydrogen-bond donors (Lipinski definition) is 1. The van der Waals surface area contributed by atoms with Gasteiger partial charge in [-0.3, -0.25) is 4.79 Å². The van der Waals surface area contributed by atoms with Gasteiger partial charge in [0.15, 0.2) is 0 Å². The van der Waals surface area contributed by atoms with Crippen LogP contribution in [0.3, 0.4) is 0 Å². The van der Waals surface area contributed by atoms with Crippen molar-refractivity contribution in [1.29, 1.82) is 0 Å². The van der Waals surface area contributed by atoms with Gasteiger partial charge >= 0.3 is 5.97 Å². The molecule has 0 aromatic rings. The fourth-order valence-electron chi connectivity index (χ4n) is 1.85. The predicted octanol–water partition coefficient (Wildman–Crippen LogP) is 4.35. The van der Waals surface area contributed by atoms with Gasteiger partial charge in [0.25, 0.3) is 0 Å². The van der Waals surface area contributed by atoms with Crippen molar-refractivity contribution in [2.24, 2.45) is 5.73 Å². The van der Waals surface area contributed by atoms with E-state index in [0.29, 0.717) is 19.4 Å². The van der Waals surface area contributed by atoms with Crippen molar-refractivity contribution in [3.8, 4) is 0 Å². The number of nitrogens with two attached hydrogens (primary N) is 1. The van der Waals surface area contributed by atoms with Crippen LogP contribution in [0.5, 0.6) is 0 Å². The van der Waals surface area contributed by atoms with E-state index < -0.39 is 0 Å². The molecule has 3 nitrogen and oxygen atoms in total. The Morgan fingerprint density at radius 3 is 2.40 bits per heavy atom. The van der Waals surface area contributed by atoms with E-state index in [1.807, 2.05) is 13.8 Å². The van der Waals surface area contributed by atoms with E-state index in [1.54, 1.807) is 0 Å². The zero-order valence-corrected chi connectivity index (χ0v) is 13.6. The fraction of sp³-hybridized carbons (Fsp3) is 0.824. The third kappa shape index (κ3) is 15.2. The summed E-state index contributed by atoms with van der Waals surface area (Å²) in [7, 11) is 0. The molecule has 0 amide bonds. The third-order valence-corrected chi connectivity index (χ3v) is 3.16. The zero-order chi connectivity index (χ0) is 15.3. The van der Waals surface area contributed by atoms with Crippen molar-refractivity contribution in [2.75, 3.05) is 6.61 Å². The number of carbonyl (C=O) groups is 1. The Morgan fingerprint density at radius 2 is 1.75 bits per heavy atom. The molecule has 0 aliphatic carbocycles. The Morgan fingerprint density at radius 1 is 1.10 bits per heavy atom. The summed E-state index contributed by atoms with van der Waals surface area (Å²) in [5.41, 5.74) is 5.57. The maximum absolute atomic E-state index is 11.5. The lowest BCUT2D eigenvalue weighted by Crippen LogP contribution is -2.33. The van der Waals surface area contributed by atoms with Crippen LogP contribution < -0.4 is 5.73 Å². The van der Waals surface area contributed by atoms with E-state index in [2.05, 4.69) is 19.1 Å². The highest BCUT2D eigenvalue weighted by Crippen LogP contribution is 2.09. The number of carbonyl (C=O) groups excluding carboxylic acids is 1. The van der Waals surface area contributed by atoms with Crippen molar-refractivity contribution in [3.05, 3.63) is 12.2 Å². The molecular weight excluding hydrogens is 250 g/mol. The van der Waals surface area contributed by atoms with E-state index >= 15 is 0 Å². The van der Waals surface area contributed by atoms with Gasteiger partial charge in [-0.15, -0.1) is 0 Å². The van der Waals surface area contributed by atoms with Crippen LogP contribution in [0.1, 0.15) is 78.6 Å². The second-order valence-corrected chi connectivity index (χ2v) is 6.15. The van der Waals surface area contributed by atoms with E-state index in [4.69, 9.17) is 10.5 Å². The summed E-state index contributed by atoms with van der Waals surface area (Å²) in [6, 6.07) is 0. The van der Waals surface area contributed by atoms with Gasteiger partial charge in [0.2, 0.25) is 0 Å². The standard InChI is InChI=1S/C17H33NO2/c1-4-5-6-7-8-9-10-11-12-13-16(19)20-15-14-17(2,3)18/h5-6H,4,7-15,18H2,1-3H3/b6-5+. The molecule has 0 aromatic carbocycles. The molecule has 0 rings (SSSR count). The lowest BCUT2D eigenvalue weighted by Gasteiger charge is -2.17. The molecule has 0 aliphatic heterocycles. The van der Waals surface area contributed by atoms with Crippen LogP contribution in [0.2, 0.25) is 0 Å². The number of ether oxygens (including phenoxy) is 1. The first-order valence-corrected chi connectivity index (χ1v) is 8.05. The lowest BCUT2D eigenvalue weighted by molar-refractivity contribution is -0.144. The summed E-state index contributed by atoms with van der Waals surface area (Å²) in [6.07, 6.45) is 13.8. The molecule has 20 heavy (non-hydrogen) atoms. The summed E-state index contributed by atoms with van der Waals surface area (Å²) < 4.78 is 5.16. The Kier molecular flexibility index (Phi) is 11.5. The minimum Gasteiger partial charge on any atom is -0.466 e. The molecule has 118 valence electrons. The van der Waals surface area contributed by atoms with Crippen LogP contribution in [0, 0.1) is 0 Å². The van der Waals surface area contributed by atoms with Crippen LogP contribution in [-0.2, 0) is 9.53 Å². The molecule has 0 aromatic heterocycles. The Labute approximate surface area is 125 Å². The molecule has 0 unspecified atom stereocenters. The Hall–Kier alpha value is -0.830. The first kappa shape index (κ1) is 19.2. The van der Waals surface area contributed by atoms with Gasteiger partial charge in [0, 0.05) is 12.0 Å². The average molecular weight is 283 g/mol. The molecule has 0 atom stereocenters. The van der Waals surface area contributed by atoms with E-state index in [1.165, 1.54) is 25.7 Å². The molecule has 0 heterocycles. The van der Waals surface area contributed by atoms with Crippen molar-refractivity contribution in [2.45, 2.75) is 84.1 Å². The molecule has 3 heteroatoms. The van der Waals surface area contributed by atoms with Crippen molar-refractivity contribution in [3.63, 3.8) is 0 Å². The molecule has 0 spiro atoms. The predicted molar refractivity (Wildman–Crippen MR) is 85.6 cm³/mol. The SMILES string of the molecule is CC/C=C/CCCCCCCC(=O)OCCC(C)(C)N. The summed E-state index contributed by atoms with van der Waals surface area (Å²) in [5, 5.41) is 0. The fourth-order valence-corrected chi connectivity index (χ4v) is 1.85. The topological polar surface area (TPSA) is 52.3 Å². The monoisotopic (exact) mass is 283 g/mol. The normalized spacial score (nSPS) is 12.0. The summed E-state index contributed by atoms with van der Waals surface area (Å²) in [5.74, 6) is -0.0832. The highest BCUT2D eigenvalue weighted by Gasteiger charge is 2.11.